The molecule has 0 aromatic carbocycles. The maximum absolute atomic E-state index is 11.9. The van der Waals surface area contributed by atoms with E-state index >= 15 is 0 Å². The average molecular weight is 276 g/mol. The highest BCUT2D eigenvalue weighted by atomic mass is 32.2. The molecule has 1 amide bonds. The molecule has 0 aromatic heterocycles. The Morgan fingerprint density at radius 2 is 1.94 bits per heavy atom. The number of carbonyl (C=O) groups excluding carboxylic acids is 1. The quantitative estimate of drug-likeness (QED) is 0.756. The van der Waals surface area contributed by atoms with Crippen LogP contribution in [-0.2, 0) is 14.6 Å². The van der Waals surface area contributed by atoms with Crippen molar-refractivity contribution >= 4 is 15.7 Å². The fourth-order valence-electron chi connectivity index (χ4n) is 2.21. The van der Waals surface area contributed by atoms with Gasteiger partial charge in [0.25, 0.3) is 0 Å². The Bertz CT molecular complexity index is 362. The van der Waals surface area contributed by atoms with Gasteiger partial charge in [-0.2, -0.15) is 0 Å². The zero-order valence-corrected chi connectivity index (χ0v) is 12.1. The second-order valence-corrected chi connectivity index (χ2v) is 7.27. The lowest BCUT2D eigenvalue weighted by atomic mass is 9.97. The van der Waals surface area contributed by atoms with Crippen molar-refractivity contribution in [2.75, 3.05) is 38.2 Å². The molecule has 18 heavy (non-hydrogen) atoms. The fraction of sp³-hybridized carbons (Fsp3) is 0.917. The highest BCUT2D eigenvalue weighted by molar-refractivity contribution is 7.90. The smallest absolute Gasteiger partial charge is 0.223 e. The van der Waals surface area contributed by atoms with Crippen molar-refractivity contribution in [2.45, 2.75) is 26.2 Å². The number of piperidine rings is 1. The highest BCUT2D eigenvalue weighted by Crippen LogP contribution is 2.14. The van der Waals surface area contributed by atoms with Crippen molar-refractivity contribution in [1.29, 1.82) is 0 Å². The summed E-state index contributed by atoms with van der Waals surface area (Å²) in [7, 11) is -3.05. The molecule has 1 fully saturated rings. The third-order valence-corrected chi connectivity index (χ3v) is 4.30. The number of nitrogens with one attached hydrogen (secondary N) is 1. The molecule has 6 heteroatoms. The van der Waals surface area contributed by atoms with Crippen LogP contribution in [0.5, 0.6) is 0 Å². The van der Waals surface area contributed by atoms with Gasteiger partial charge in [0.2, 0.25) is 5.91 Å². The molecule has 5 nitrogen and oxygen atoms in total. The van der Waals surface area contributed by atoms with Crippen LogP contribution in [-0.4, -0.2) is 57.4 Å². The van der Waals surface area contributed by atoms with Crippen LogP contribution in [0.2, 0.25) is 0 Å². The average Bonchev–Trinajstić information content (AvgIpc) is 2.33. The first-order chi connectivity index (χ1) is 8.42. The SMILES string of the molecule is CCN(CC1CCNCC1)C(=O)CCS(C)(=O)=O. The van der Waals surface area contributed by atoms with Crippen molar-refractivity contribution in [3.8, 4) is 0 Å². The molecule has 0 radical (unpaired) electrons. The molecule has 1 N–H and O–H groups in total. The molecule has 0 atom stereocenters. The van der Waals surface area contributed by atoms with E-state index in [0.717, 1.165) is 32.5 Å². The maximum Gasteiger partial charge on any atom is 0.223 e. The first kappa shape index (κ1) is 15.4. The van der Waals surface area contributed by atoms with E-state index in [-0.39, 0.29) is 18.1 Å². The van der Waals surface area contributed by atoms with Crippen molar-refractivity contribution in [3.63, 3.8) is 0 Å². The van der Waals surface area contributed by atoms with E-state index in [1.54, 1.807) is 4.90 Å². The van der Waals surface area contributed by atoms with Gasteiger partial charge in [-0.15, -0.1) is 0 Å². The number of hydrogen-bond donors (Lipinski definition) is 1. The minimum atomic E-state index is -3.05. The van der Waals surface area contributed by atoms with Crippen LogP contribution < -0.4 is 5.32 Å². The number of amides is 1. The second-order valence-electron chi connectivity index (χ2n) is 5.01. The van der Waals surface area contributed by atoms with Crippen molar-refractivity contribution in [1.82, 2.24) is 10.2 Å². The molecular weight excluding hydrogens is 252 g/mol. The molecule has 1 rings (SSSR count). The third kappa shape index (κ3) is 5.82. The normalized spacial score (nSPS) is 17.7. The van der Waals surface area contributed by atoms with Gasteiger partial charge in [-0.25, -0.2) is 8.42 Å². The van der Waals surface area contributed by atoms with Gasteiger partial charge in [0.15, 0.2) is 0 Å². The number of rotatable bonds is 6. The molecular formula is C12H24N2O3S. The molecule has 1 aliphatic rings. The molecule has 0 spiro atoms. The van der Waals surface area contributed by atoms with Crippen LogP contribution in [0.25, 0.3) is 0 Å². The van der Waals surface area contributed by atoms with E-state index < -0.39 is 9.84 Å². The first-order valence-electron chi connectivity index (χ1n) is 6.58. The number of carbonyl (C=O) groups is 1. The summed E-state index contributed by atoms with van der Waals surface area (Å²) in [5, 5.41) is 3.30. The predicted octanol–water partition coefficient (Wildman–Crippen LogP) is 0.269. The monoisotopic (exact) mass is 276 g/mol. The van der Waals surface area contributed by atoms with Crippen LogP contribution >= 0.6 is 0 Å². The van der Waals surface area contributed by atoms with E-state index in [2.05, 4.69) is 5.32 Å². The van der Waals surface area contributed by atoms with Gasteiger partial charge in [0, 0.05) is 25.8 Å². The van der Waals surface area contributed by atoms with E-state index in [0.29, 0.717) is 12.5 Å². The molecule has 0 aromatic rings. The first-order valence-corrected chi connectivity index (χ1v) is 8.64. The number of sulfone groups is 1. The van der Waals surface area contributed by atoms with Crippen LogP contribution in [0.3, 0.4) is 0 Å². The summed E-state index contributed by atoms with van der Waals surface area (Å²) in [6, 6.07) is 0. The number of nitrogens with zero attached hydrogens (tertiary/aromatic N) is 1. The van der Waals surface area contributed by atoms with E-state index in [1.165, 1.54) is 6.26 Å². The second kappa shape index (κ2) is 7.09. The molecule has 0 saturated carbocycles. The molecule has 0 unspecified atom stereocenters. The zero-order valence-electron chi connectivity index (χ0n) is 11.3. The minimum absolute atomic E-state index is 0.0403. The van der Waals surface area contributed by atoms with Gasteiger partial charge < -0.3 is 10.2 Å². The van der Waals surface area contributed by atoms with Crippen LogP contribution in [0.4, 0.5) is 0 Å². The van der Waals surface area contributed by atoms with Crippen molar-refractivity contribution in [2.24, 2.45) is 5.92 Å². The molecule has 0 bridgehead atoms. The molecule has 106 valence electrons. The summed E-state index contributed by atoms with van der Waals surface area (Å²) in [6.07, 6.45) is 3.47. The van der Waals surface area contributed by atoms with E-state index in [4.69, 9.17) is 0 Å². The Hall–Kier alpha value is -0.620. The van der Waals surface area contributed by atoms with Gasteiger partial charge in [-0.1, -0.05) is 0 Å². The molecule has 0 aliphatic carbocycles. The lowest BCUT2D eigenvalue weighted by Gasteiger charge is -2.29. The Balaban J connectivity index is 2.41. The van der Waals surface area contributed by atoms with Crippen molar-refractivity contribution in [3.05, 3.63) is 0 Å². The zero-order chi connectivity index (χ0) is 13.6. The van der Waals surface area contributed by atoms with Gasteiger partial charge >= 0.3 is 0 Å². The summed E-state index contributed by atoms with van der Waals surface area (Å²) in [6.45, 7) is 5.40. The summed E-state index contributed by atoms with van der Waals surface area (Å²) in [4.78, 5) is 13.7. The van der Waals surface area contributed by atoms with Crippen LogP contribution in [0.1, 0.15) is 26.2 Å². The Morgan fingerprint density at radius 1 is 1.33 bits per heavy atom. The molecule has 1 saturated heterocycles. The van der Waals surface area contributed by atoms with Gasteiger partial charge in [-0.3, -0.25) is 4.79 Å². The Morgan fingerprint density at radius 3 is 2.44 bits per heavy atom. The summed E-state index contributed by atoms with van der Waals surface area (Å²) in [5.74, 6) is 0.462. The maximum atomic E-state index is 11.9. The predicted molar refractivity (Wildman–Crippen MR) is 72.2 cm³/mol. The molecule has 1 heterocycles. The van der Waals surface area contributed by atoms with Crippen molar-refractivity contribution < 1.29 is 13.2 Å². The lowest BCUT2D eigenvalue weighted by Crippen LogP contribution is -2.39. The van der Waals surface area contributed by atoms with Gasteiger partial charge in [0.05, 0.1) is 5.75 Å². The largest absolute Gasteiger partial charge is 0.343 e. The van der Waals surface area contributed by atoms with Gasteiger partial charge in [-0.05, 0) is 38.8 Å². The van der Waals surface area contributed by atoms with E-state index in [1.807, 2.05) is 6.92 Å². The standard InChI is InChI=1S/C12H24N2O3S/c1-3-14(10-11-4-7-13-8-5-11)12(15)6-9-18(2,16)17/h11,13H,3-10H2,1-2H3. The minimum Gasteiger partial charge on any atom is -0.343 e. The summed E-state index contributed by atoms with van der Waals surface area (Å²) in [5.41, 5.74) is 0. The summed E-state index contributed by atoms with van der Waals surface area (Å²) < 4.78 is 22.1. The lowest BCUT2D eigenvalue weighted by molar-refractivity contribution is -0.131. The topological polar surface area (TPSA) is 66.5 Å². The summed E-state index contributed by atoms with van der Waals surface area (Å²) >= 11 is 0. The van der Waals surface area contributed by atoms with Crippen LogP contribution in [0.15, 0.2) is 0 Å². The fourth-order valence-corrected chi connectivity index (χ4v) is 2.76. The molecule has 1 aliphatic heterocycles. The van der Waals surface area contributed by atoms with Gasteiger partial charge in [0.1, 0.15) is 9.84 Å². The van der Waals surface area contributed by atoms with Crippen LogP contribution in [0, 0.1) is 5.92 Å². The van der Waals surface area contributed by atoms with E-state index in [9.17, 15) is 13.2 Å². The highest BCUT2D eigenvalue weighted by Gasteiger charge is 2.20. The third-order valence-electron chi connectivity index (χ3n) is 3.36. The Labute approximate surface area is 110 Å². The Kier molecular flexibility index (Phi) is 6.08. The number of hydrogen-bond acceptors (Lipinski definition) is 4.